The van der Waals surface area contributed by atoms with Crippen LogP contribution in [0.3, 0.4) is 0 Å². The van der Waals surface area contributed by atoms with Crippen molar-refractivity contribution in [3.05, 3.63) is 0 Å². The normalized spacial score (nSPS) is 16.4. The fourth-order valence-corrected chi connectivity index (χ4v) is 1.39. The van der Waals surface area contributed by atoms with Gasteiger partial charge in [0, 0.05) is 31.7 Å². The molecule has 1 atom stereocenters. The number of rotatable bonds is 8. The molecule has 1 unspecified atom stereocenters. The van der Waals surface area contributed by atoms with Gasteiger partial charge in [-0.25, -0.2) is 0 Å². The lowest BCUT2D eigenvalue weighted by Gasteiger charge is -2.30. The van der Waals surface area contributed by atoms with E-state index < -0.39 is 0 Å². The number of nitrogens with one attached hydrogen (secondary N) is 1. The van der Waals surface area contributed by atoms with E-state index in [4.69, 9.17) is 5.11 Å². The molecule has 3 nitrogen and oxygen atoms in total. The SMILES string of the molecule is CCC(C)(CO)CNCC(C)(C)CCO. The summed E-state index contributed by atoms with van der Waals surface area (Å²) in [7, 11) is 0. The highest BCUT2D eigenvalue weighted by Crippen LogP contribution is 2.21. The fourth-order valence-electron chi connectivity index (χ4n) is 1.39. The molecule has 0 spiro atoms. The Morgan fingerprint density at radius 3 is 2.07 bits per heavy atom. The molecule has 15 heavy (non-hydrogen) atoms. The summed E-state index contributed by atoms with van der Waals surface area (Å²) < 4.78 is 0. The molecule has 92 valence electrons. The minimum absolute atomic E-state index is 0.0186. The van der Waals surface area contributed by atoms with Crippen LogP contribution in [0.5, 0.6) is 0 Å². The zero-order valence-corrected chi connectivity index (χ0v) is 10.6. The summed E-state index contributed by atoms with van der Waals surface area (Å²) in [5.74, 6) is 0. The first-order valence-corrected chi connectivity index (χ1v) is 5.81. The van der Waals surface area contributed by atoms with Crippen LogP contribution in [0, 0.1) is 10.8 Å². The average Bonchev–Trinajstić information content (AvgIpc) is 2.17. The van der Waals surface area contributed by atoms with E-state index in [2.05, 4.69) is 33.0 Å². The second kappa shape index (κ2) is 6.46. The van der Waals surface area contributed by atoms with Crippen LogP contribution in [-0.2, 0) is 0 Å². The summed E-state index contributed by atoms with van der Waals surface area (Å²) in [6.45, 7) is 10.6. The third-order valence-corrected chi connectivity index (χ3v) is 3.18. The second-order valence-corrected chi connectivity index (χ2v) is 5.56. The molecular weight excluding hydrogens is 190 g/mol. The standard InChI is InChI=1S/C12H27NO2/c1-5-12(4,10-15)9-13-8-11(2,3)6-7-14/h13-15H,5-10H2,1-4H3. The molecule has 0 saturated carbocycles. The number of hydrogen-bond donors (Lipinski definition) is 3. The maximum atomic E-state index is 9.24. The van der Waals surface area contributed by atoms with Crippen molar-refractivity contribution < 1.29 is 10.2 Å². The summed E-state index contributed by atoms with van der Waals surface area (Å²) in [5, 5.41) is 21.5. The molecule has 0 aromatic carbocycles. The van der Waals surface area contributed by atoms with Gasteiger partial charge in [-0.1, -0.05) is 27.7 Å². The predicted octanol–water partition coefficient (Wildman–Crippen LogP) is 1.39. The van der Waals surface area contributed by atoms with E-state index in [9.17, 15) is 5.11 Å². The van der Waals surface area contributed by atoms with Crippen molar-refractivity contribution in [2.75, 3.05) is 26.3 Å². The highest BCUT2D eigenvalue weighted by molar-refractivity contribution is 4.77. The zero-order valence-electron chi connectivity index (χ0n) is 10.6. The Hall–Kier alpha value is -0.120. The number of hydrogen-bond acceptors (Lipinski definition) is 3. The van der Waals surface area contributed by atoms with E-state index in [1.54, 1.807) is 0 Å². The van der Waals surface area contributed by atoms with Gasteiger partial charge in [0.1, 0.15) is 0 Å². The molecule has 0 bridgehead atoms. The first-order chi connectivity index (χ1) is 6.89. The minimum atomic E-state index is -0.0186. The Balaban J connectivity index is 3.87. The van der Waals surface area contributed by atoms with E-state index in [0.717, 1.165) is 25.9 Å². The largest absolute Gasteiger partial charge is 0.396 e. The fraction of sp³-hybridized carbons (Fsp3) is 1.00. The van der Waals surface area contributed by atoms with Gasteiger partial charge in [0.05, 0.1) is 0 Å². The minimum Gasteiger partial charge on any atom is -0.396 e. The van der Waals surface area contributed by atoms with Crippen molar-refractivity contribution in [1.82, 2.24) is 5.32 Å². The Bertz CT molecular complexity index is 165. The molecule has 3 heteroatoms. The first kappa shape index (κ1) is 14.9. The lowest BCUT2D eigenvalue weighted by molar-refractivity contribution is 0.128. The van der Waals surface area contributed by atoms with Crippen molar-refractivity contribution >= 4 is 0 Å². The first-order valence-electron chi connectivity index (χ1n) is 5.81. The van der Waals surface area contributed by atoms with Crippen LogP contribution in [-0.4, -0.2) is 36.5 Å². The van der Waals surface area contributed by atoms with E-state index in [1.807, 2.05) is 0 Å². The van der Waals surface area contributed by atoms with E-state index in [0.29, 0.717) is 0 Å². The highest BCUT2D eigenvalue weighted by atomic mass is 16.3. The Morgan fingerprint density at radius 2 is 1.67 bits per heavy atom. The zero-order chi connectivity index (χ0) is 11.9. The van der Waals surface area contributed by atoms with Gasteiger partial charge in [0.15, 0.2) is 0 Å². The van der Waals surface area contributed by atoms with Crippen molar-refractivity contribution in [3.63, 3.8) is 0 Å². The van der Waals surface area contributed by atoms with Gasteiger partial charge in [-0.2, -0.15) is 0 Å². The van der Waals surface area contributed by atoms with Gasteiger partial charge >= 0.3 is 0 Å². The lowest BCUT2D eigenvalue weighted by atomic mass is 9.86. The molecule has 0 amide bonds. The van der Waals surface area contributed by atoms with Crippen molar-refractivity contribution in [2.45, 2.75) is 40.5 Å². The second-order valence-electron chi connectivity index (χ2n) is 5.56. The third-order valence-electron chi connectivity index (χ3n) is 3.18. The molecule has 0 aliphatic rings. The topological polar surface area (TPSA) is 52.5 Å². The van der Waals surface area contributed by atoms with Crippen LogP contribution in [0.15, 0.2) is 0 Å². The van der Waals surface area contributed by atoms with Crippen LogP contribution >= 0.6 is 0 Å². The summed E-state index contributed by atoms with van der Waals surface area (Å²) in [6.07, 6.45) is 1.78. The molecule has 0 fully saturated rings. The van der Waals surface area contributed by atoms with Crippen molar-refractivity contribution in [1.29, 1.82) is 0 Å². The quantitative estimate of drug-likeness (QED) is 0.576. The predicted molar refractivity (Wildman–Crippen MR) is 63.8 cm³/mol. The molecule has 0 aliphatic heterocycles. The molecule has 0 aliphatic carbocycles. The Labute approximate surface area is 93.9 Å². The summed E-state index contributed by atoms with van der Waals surface area (Å²) in [4.78, 5) is 0. The molecule has 0 heterocycles. The molecule has 3 N–H and O–H groups in total. The summed E-state index contributed by atoms with van der Waals surface area (Å²) >= 11 is 0. The lowest BCUT2D eigenvalue weighted by Crippen LogP contribution is -2.39. The van der Waals surface area contributed by atoms with Gasteiger partial charge in [-0.05, 0) is 18.3 Å². The van der Waals surface area contributed by atoms with Crippen LogP contribution < -0.4 is 5.32 Å². The molecule has 0 aromatic heterocycles. The Kier molecular flexibility index (Phi) is 6.41. The summed E-state index contributed by atoms with van der Waals surface area (Å²) in [5.41, 5.74) is 0.105. The molecule has 0 rings (SSSR count). The molecule has 0 aromatic rings. The van der Waals surface area contributed by atoms with Crippen molar-refractivity contribution in [2.24, 2.45) is 10.8 Å². The van der Waals surface area contributed by atoms with Crippen molar-refractivity contribution in [3.8, 4) is 0 Å². The smallest absolute Gasteiger partial charge is 0.0496 e. The van der Waals surface area contributed by atoms with Gasteiger partial charge < -0.3 is 15.5 Å². The van der Waals surface area contributed by atoms with Gasteiger partial charge in [-0.3, -0.25) is 0 Å². The number of aliphatic hydroxyl groups is 2. The maximum absolute atomic E-state index is 9.24. The maximum Gasteiger partial charge on any atom is 0.0496 e. The van der Waals surface area contributed by atoms with Crippen LogP contribution in [0.4, 0.5) is 0 Å². The van der Waals surface area contributed by atoms with E-state index >= 15 is 0 Å². The average molecular weight is 217 g/mol. The van der Waals surface area contributed by atoms with Gasteiger partial charge in [0.25, 0.3) is 0 Å². The highest BCUT2D eigenvalue weighted by Gasteiger charge is 2.22. The monoisotopic (exact) mass is 217 g/mol. The van der Waals surface area contributed by atoms with Gasteiger partial charge in [-0.15, -0.1) is 0 Å². The van der Waals surface area contributed by atoms with E-state index in [1.165, 1.54) is 0 Å². The molecule has 0 saturated heterocycles. The Morgan fingerprint density at radius 1 is 1.07 bits per heavy atom. The summed E-state index contributed by atoms with van der Waals surface area (Å²) in [6, 6.07) is 0. The van der Waals surface area contributed by atoms with Crippen LogP contribution in [0.1, 0.15) is 40.5 Å². The molecular formula is C12H27NO2. The van der Waals surface area contributed by atoms with Crippen LogP contribution in [0.2, 0.25) is 0 Å². The van der Waals surface area contributed by atoms with Crippen LogP contribution in [0.25, 0.3) is 0 Å². The molecule has 0 radical (unpaired) electrons. The third kappa shape index (κ3) is 6.13. The van der Waals surface area contributed by atoms with Gasteiger partial charge in [0.2, 0.25) is 0 Å². The van der Waals surface area contributed by atoms with E-state index in [-0.39, 0.29) is 24.0 Å². The number of aliphatic hydroxyl groups excluding tert-OH is 2.